The van der Waals surface area contributed by atoms with Gasteiger partial charge in [-0.3, -0.25) is 4.72 Å². The maximum absolute atomic E-state index is 12.6. The molecule has 0 aliphatic heterocycles. The molecule has 2 aromatic carbocycles. The molecule has 24 heavy (non-hydrogen) atoms. The van der Waals surface area contributed by atoms with Crippen molar-refractivity contribution in [1.29, 1.82) is 0 Å². The van der Waals surface area contributed by atoms with Gasteiger partial charge in [-0.15, -0.1) is 0 Å². The van der Waals surface area contributed by atoms with Crippen LogP contribution in [0.3, 0.4) is 0 Å². The van der Waals surface area contributed by atoms with Crippen LogP contribution in [0.25, 0.3) is 10.9 Å². The van der Waals surface area contributed by atoms with Crippen LogP contribution in [-0.2, 0) is 14.8 Å². The van der Waals surface area contributed by atoms with E-state index in [-0.39, 0.29) is 10.5 Å². The lowest BCUT2D eigenvalue weighted by Gasteiger charge is -2.11. The standard InChI is InChI=1S/C17H16N2O4S/c1-11-8-12-9-13(17(20)23-2)10-15(16(12)18-11)19-24(21,22)14-6-4-3-5-7-14/h3-10,18-19H,1-2H3. The third-order valence-corrected chi connectivity index (χ3v) is 4.96. The van der Waals surface area contributed by atoms with Crippen LogP contribution < -0.4 is 4.72 Å². The highest BCUT2D eigenvalue weighted by molar-refractivity contribution is 7.92. The molecule has 0 aliphatic carbocycles. The number of nitrogens with one attached hydrogen (secondary N) is 2. The molecule has 0 unspecified atom stereocenters. The zero-order valence-electron chi connectivity index (χ0n) is 13.2. The highest BCUT2D eigenvalue weighted by atomic mass is 32.2. The fraction of sp³-hybridized carbons (Fsp3) is 0.118. The Morgan fingerprint density at radius 1 is 1.12 bits per heavy atom. The van der Waals surface area contributed by atoms with Gasteiger partial charge in [-0.2, -0.15) is 0 Å². The Morgan fingerprint density at radius 3 is 2.50 bits per heavy atom. The van der Waals surface area contributed by atoms with Gasteiger partial charge in [0.05, 0.1) is 28.8 Å². The second-order valence-electron chi connectivity index (χ2n) is 5.35. The van der Waals surface area contributed by atoms with Crippen LogP contribution in [0, 0.1) is 6.92 Å². The Labute approximate surface area is 139 Å². The van der Waals surface area contributed by atoms with Crippen molar-refractivity contribution in [2.75, 3.05) is 11.8 Å². The van der Waals surface area contributed by atoms with Gasteiger partial charge in [0.2, 0.25) is 0 Å². The molecule has 0 saturated carbocycles. The summed E-state index contributed by atoms with van der Waals surface area (Å²) in [6.45, 7) is 1.85. The van der Waals surface area contributed by atoms with Gasteiger partial charge in [-0.1, -0.05) is 18.2 Å². The molecular formula is C17H16N2O4S. The van der Waals surface area contributed by atoms with E-state index in [0.29, 0.717) is 11.2 Å². The molecule has 0 atom stereocenters. The van der Waals surface area contributed by atoms with Crippen molar-refractivity contribution in [1.82, 2.24) is 4.98 Å². The molecule has 3 rings (SSSR count). The van der Waals surface area contributed by atoms with Gasteiger partial charge in [0.1, 0.15) is 0 Å². The predicted octanol–water partition coefficient (Wildman–Crippen LogP) is 3.06. The summed E-state index contributed by atoms with van der Waals surface area (Å²) in [5.74, 6) is -0.532. The maximum atomic E-state index is 12.6. The average Bonchev–Trinajstić information content (AvgIpc) is 2.95. The largest absolute Gasteiger partial charge is 0.465 e. The number of hydrogen-bond donors (Lipinski definition) is 2. The van der Waals surface area contributed by atoms with Crippen LogP contribution in [-0.4, -0.2) is 26.5 Å². The fourth-order valence-electron chi connectivity index (χ4n) is 2.50. The Bertz CT molecular complexity index is 1010. The molecule has 0 saturated heterocycles. The van der Waals surface area contributed by atoms with E-state index in [9.17, 15) is 13.2 Å². The number of carbonyl (C=O) groups excluding carboxylic acids is 1. The normalized spacial score (nSPS) is 11.4. The van der Waals surface area contributed by atoms with Gasteiger partial charge in [0, 0.05) is 11.1 Å². The molecular weight excluding hydrogens is 328 g/mol. The zero-order chi connectivity index (χ0) is 17.3. The lowest BCUT2D eigenvalue weighted by atomic mass is 10.1. The minimum absolute atomic E-state index is 0.143. The number of hydrogen-bond acceptors (Lipinski definition) is 4. The molecule has 0 amide bonds. The van der Waals surface area contributed by atoms with Gasteiger partial charge in [0.25, 0.3) is 10.0 Å². The molecule has 1 heterocycles. The number of methoxy groups -OCH3 is 1. The predicted molar refractivity (Wildman–Crippen MR) is 91.6 cm³/mol. The molecule has 6 nitrogen and oxygen atoms in total. The summed E-state index contributed by atoms with van der Waals surface area (Å²) in [6, 6.07) is 13.0. The summed E-state index contributed by atoms with van der Waals surface area (Å²) in [7, 11) is -2.49. The zero-order valence-corrected chi connectivity index (χ0v) is 14.0. The first-order valence-corrected chi connectivity index (χ1v) is 8.68. The van der Waals surface area contributed by atoms with Gasteiger partial charge in [-0.25, -0.2) is 13.2 Å². The van der Waals surface area contributed by atoms with E-state index in [0.717, 1.165) is 11.1 Å². The maximum Gasteiger partial charge on any atom is 0.337 e. The number of ether oxygens (including phenoxy) is 1. The quantitative estimate of drug-likeness (QED) is 0.712. The monoisotopic (exact) mass is 344 g/mol. The Hall–Kier alpha value is -2.80. The first-order chi connectivity index (χ1) is 11.4. The molecule has 3 aromatic rings. The number of H-pyrrole nitrogens is 1. The van der Waals surface area contributed by atoms with Crippen LogP contribution in [0.5, 0.6) is 0 Å². The van der Waals surface area contributed by atoms with Crippen molar-refractivity contribution in [2.45, 2.75) is 11.8 Å². The minimum Gasteiger partial charge on any atom is -0.465 e. The number of esters is 1. The molecule has 7 heteroatoms. The number of benzene rings is 2. The van der Waals surface area contributed by atoms with Gasteiger partial charge < -0.3 is 9.72 Å². The van der Waals surface area contributed by atoms with Crippen LogP contribution in [0.4, 0.5) is 5.69 Å². The summed E-state index contributed by atoms with van der Waals surface area (Å²) >= 11 is 0. The van der Waals surface area contributed by atoms with Crippen LogP contribution >= 0.6 is 0 Å². The summed E-state index contributed by atoms with van der Waals surface area (Å²) in [6.07, 6.45) is 0. The SMILES string of the molecule is COC(=O)c1cc(NS(=O)(=O)c2ccccc2)c2[nH]c(C)cc2c1. The van der Waals surface area contributed by atoms with Crippen molar-refractivity contribution in [3.05, 3.63) is 59.8 Å². The number of rotatable bonds is 4. The summed E-state index contributed by atoms with van der Waals surface area (Å²) < 4.78 is 32.4. The first-order valence-electron chi connectivity index (χ1n) is 7.20. The Morgan fingerprint density at radius 2 is 1.83 bits per heavy atom. The second kappa shape index (κ2) is 6.01. The lowest BCUT2D eigenvalue weighted by molar-refractivity contribution is 0.0601. The highest BCUT2D eigenvalue weighted by Crippen LogP contribution is 2.28. The molecule has 124 valence electrons. The second-order valence-corrected chi connectivity index (χ2v) is 7.03. The third-order valence-electron chi connectivity index (χ3n) is 3.58. The lowest BCUT2D eigenvalue weighted by Crippen LogP contribution is -2.14. The van der Waals surface area contributed by atoms with E-state index in [1.165, 1.54) is 25.3 Å². The van der Waals surface area contributed by atoms with Crippen molar-refractivity contribution in [3.63, 3.8) is 0 Å². The first kappa shape index (κ1) is 16.1. The third kappa shape index (κ3) is 2.98. The highest BCUT2D eigenvalue weighted by Gasteiger charge is 2.18. The number of anilines is 1. The van der Waals surface area contributed by atoms with Crippen LogP contribution in [0.1, 0.15) is 16.1 Å². The fourth-order valence-corrected chi connectivity index (χ4v) is 3.59. The number of sulfonamides is 1. The number of aromatic nitrogens is 1. The molecule has 0 spiro atoms. The number of fused-ring (bicyclic) bond motifs is 1. The molecule has 0 bridgehead atoms. The molecule has 0 fully saturated rings. The minimum atomic E-state index is -3.77. The van der Waals surface area contributed by atoms with E-state index >= 15 is 0 Å². The van der Waals surface area contributed by atoms with Gasteiger partial charge >= 0.3 is 5.97 Å². The Kier molecular flexibility index (Phi) is 4.02. The number of aryl methyl sites for hydroxylation is 1. The summed E-state index contributed by atoms with van der Waals surface area (Å²) in [4.78, 5) is 15.1. The van der Waals surface area contributed by atoms with E-state index < -0.39 is 16.0 Å². The van der Waals surface area contributed by atoms with Gasteiger partial charge in [0.15, 0.2) is 0 Å². The van der Waals surface area contributed by atoms with Crippen LogP contribution in [0.15, 0.2) is 53.4 Å². The van der Waals surface area contributed by atoms with Crippen molar-refractivity contribution < 1.29 is 17.9 Å². The van der Waals surface area contributed by atoms with Gasteiger partial charge in [-0.05, 0) is 37.3 Å². The van der Waals surface area contributed by atoms with Crippen LogP contribution in [0.2, 0.25) is 0 Å². The van der Waals surface area contributed by atoms with E-state index in [1.54, 1.807) is 24.3 Å². The molecule has 0 radical (unpaired) electrons. The summed E-state index contributed by atoms with van der Waals surface area (Å²) in [5, 5.41) is 0.723. The van der Waals surface area contributed by atoms with Crippen molar-refractivity contribution >= 4 is 32.6 Å². The average molecular weight is 344 g/mol. The summed E-state index contributed by atoms with van der Waals surface area (Å²) in [5.41, 5.74) is 2.03. The molecule has 2 N–H and O–H groups in total. The molecule has 0 aliphatic rings. The van der Waals surface area contributed by atoms with E-state index in [1.807, 2.05) is 13.0 Å². The van der Waals surface area contributed by atoms with Crippen molar-refractivity contribution in [3.8, 4) is 0 Å². The smallest absolute Gasteiger partial charge is 0.337 e. The number of carbonyl (C=O) groups is 1. The molecule has 1 aromatic heterocycles. The van der Waals surface area contributed by atoms with Crippen molar-refractivity contribution in [2.24, 2.45) is 0 Å². The number of aromatic amines is 1. The Balaban J connectivity index is 2.13. The topological polar surface area (TPSA) is 88.3 Å². The van der Waals surface area contributed by atoms with E-state index in [2.05, 4.69) is 9.71 Å². The van der Waals surface area contributed by atoms with E-state index in [4.69, 9.17) is 4.74 Å².